The lowest BCUT2D eigenvalue weighted by atomic mass is 10.1. The third-order valence-corrected chi connectivity index (χ3v) is 3.64. The second kappa shape index (κ2) is 11.8. The number of halogens is 2. The number of nitrogens with zero attached hydrogens (tertiary/aromatic N) is 1. The highest BCUT2D eigenvalue weighted by molar-refractivity contribution is 14.0. The molecule has 2 rings (SSSR count). The van der Waals surface area contributed by atoms with E-state index in [4.69, 9.17) is 4.74 Å². The quantitative estimate of drug-likeness (QED) is 0.380. The Kier molecular flexibility index (Phi) is 10.1. The first kappa shape index (κ1) is 21.4. The number of methoxy groups -OCH3 is 1. The van der Waals surface area contributed by atoms with Crippen molar-refractivity contribution in [1.82, 2.24) is 10.6 Å². The molecule has 0 amide bonds. The molecule has 0 aliphatic heterocycles. The number of aliphatic imine (C=N–C) groups is 1. The first-order valence-electron chi connectivity index (χ1n) is 7.97. The molecule has 0 atom stereocenters. The predicted octanol–water partition coefficient (Wildman–Crippen LogP) is 3.50. The summed E-state index contributed by atoms with van der Waals surface area (Å²) in [6, 6.07) is 15.3. The van der Waals surface area contributed by atoms with Crippen molar-refractivity contribution in [3.05, 3.63) is 71.0 Å². The van der Waals surface area contributed by atoms with Crippen LogP contribution >= 0.6 is 24.0 Å². The van der Waals surface area contributed by atoms with Gasteiger partial charge in [0.1, 0.15) is 5.82 Å². The van der Waals surface area contributed by atoms with Gasteiger partial charge < -0.3 is 15.4 Å². The van der Waals surface area contributed by atoms with E-state index in [0.29, 0.717) is 12.1 Å². The van der Waals surface area contributed by atoms with Gasteiger partial charge in [0.15, 0.2) is 5.96 Å². The standard InChI is InChI=1S/C19H24FN3O.HI/c1-21-19(22-11-10-15-6-4-3-5-7-15)23-13-16-8-9-18(20)17(12-16)14-24-2;/h3-9,12H,10-11,13-14H2,1-2H3,(H2,21,22,23);1H. The number of nitrogens with one attached hydrogen (secondary N) is 2. The first-order chi connectivity index (χ1) is 11.7. The fourth-order valence-corrected chi connectivity index (χ4v) is 2.38. The van der Waals surface area contributed by atoms with Crippen molar-refractivity contribution < 1.29 is 9.13 Å². The molecule has 0 saturated carbocycles. The molecule has 4 nitrogen and oxygen atoms in total. The Hall–Kier alpha value is -1.67. The zero-order valence-electron chi connectivity index (χ0n) is 14.6. The number of hydrogen-bond donors (Lipinski definition) is 2. The average molecular weight is 457 g/mol. The summed E-state index contributed by atoms with van der Waals surface area (Å²) in [6.45, 7) is 1.63. The smallest absolute Gasteiger partial charge is 0.191 e. The molecule has 25 heavy (non-hydrogen) atoms. The molecular formula is C19H25FIN3O. The van der Waals surface area contributed by atoms with E-state index in [9.17, 15) is 4.39 Å². The number of guanidine groups is 1. The Balaban J connectivity index is 0.00000312. The summed E-state index contributed by atoms with van der Waals surface area (Å²) in [6.07, 6.45) is 0.927. The van der Waals surface area contributed by atoms with Gasteiger partial charge in [-0.15, -0.1) is 24.0 Å². The maximum absolute atomic E-state index is 13.6. The Labute approximate surface area is 165 Å². The van der Waals surface area contributed by atoms with Crippen LogP contribution in [-0.2, 0) is 24.3 Å². The van der Waals surface area contributed by atoms with Crippen LogP contribution in [0.2, 0.25) is 0 Å². The molecule has 6 heteroatoms. The van der Waals surface area contributed by atoms with Crippen molar-refractivity contribution in [3.8, 4) is 0 Å². The van der Waals surface area contributed by atoms with Gasteiger partial charge in [-0.3, -0.25) is 4.99 Å². The van der Waals surface area contributed by atoms with E-state index in [1.807, 2.05) is 24.3 Å². The summed E-state index contributed by atoms with van der Waals surface area (Å²) in [5.41, 5.74) is 2.82. The SMILES string of the molecule is CN=C(NCCc1ccccc1)NCc1ccc(F)c(COC)c1.I. The van der Waals surface area contributed by atoms with Gasteiger partial charge in [0.05, 0.1) is 6.61 Å². The lowest BCUT2D eigenvalue weighted by molar-refractivity contribution is 0.181. The van der Waals surface area contributed by atoms with Gasteiger partial charge in [0.2, 0.25) is 0 Å². The molecule has 0 spiro atoms. The zero-order valence-corrected chi connectivity index (χ0v) is 16.9. The van der Waals surface area contributed by atoms with E-state index in [1.165, 1.54) is 11.6 Å². The molecule has 2 aromatic rings. The molecule has 0 radical (unpaired) electrons. The fraction of sp³-hybridized carbons (Fsp3) is 0.316. The summed E-state index contributed by atoms with van der Waals surface area (Å²) in [5, 5.41) is 6.52. The largest absolute Gasteiger partial charge is 0.380 e. The molecule has 0 fully saturated rings. The number of hydrogen-bond acceptors (Lipinski definition) is 2. The number of benzene rings is 2. The van der Waals surface area contributed by atoms with Crippen LogP contribution in [0.25, 0.3) is 0 Å². The van der Waals surface area contributed by atoms with Crippen LogP contribution < -0.4 is 10.6 Å². The highest BCUT2D eigenvalue weighted by Crippen LogP contribution is 2.11. The highest BCUT2D eigenvalue weighted by Gasteiger charge is 2.04. The average Bonchev–Trinajstić information content (AvgIpc) is 2.61. The second-order valence-electron chi connectivity index (χ2n) is 5.45. The van der Waals surface area contributed by atoms with Gasteiger partial charge in [-0.25, -0.2) is 4.39 Å². The van der Waals surface area contributed by atoms with Crippen molar-refractivity contribution in [1.29, 1.82) is 0 Å². The third-order valence-electron chi connectivity index (χ3n) is 3.64. The second-order valence-corrected chi connectivity index (χ2v) is 5.45. The van der Waals surface area contributed by atoms with Gasteiger partial charge in [-0.05, 0) is 29.7 Å². The van der Waals surface area contributed by atoms with Crippen LogP contribution in [-0.4, -0.2) is 26.7 Å². The van der Waals surface area contributed by atoms with E-state index in [2.05, 4.69) is 27.8 Å². The summed E-state index contributed by atoms with van der Waals surface area (Å²) in [7, 11) is 3.29. The molecule has 136 valence electrons. The van der Waals surface area contributed by atoms with Crippen molar-refractivity contribution in [2.24, 2.45) is 4.99 Å². The Morgan fingerprint density at radius 3 is 2.52 bits per heavy atom. The number of ether oxygens (including phenoxy) is 1. The van der Waals surface area contributed by atoms with Crippen molar-refractivity contribution in [3.63, 3.8) is 0 Å². The van der Waals surface area contributed by atoms with Gasteiger partial charge in [-0.2, -0.15) is 0 Å². The molecular weight excluding hydrogens is 432 g/mol. The molecule has 0 bridgehead atoms. The van der Waals surface area contributed by atoms with Crippen molar-refractivity contribution >= 4 is 29.9 Å². The summed E-state index contributed by atoms with van der Waals surface area (Å²) in [5.74, 6) is 0.481. The molecule has 0 aliphatic carbocycles. The van der Waals surface area contributed by atoms with Crippen LogP contribution in [0.5, 0.6) is 0 Å². The number of rotatable bonds is 7. The molecule has 2 N–H and O–H groups in total. The van der Waals surface area contributed by atoms with Gasteiger partial charge in [0.25, 0.3) is 0 Å². The van der Waals surface area contributed by atoms with E-state index in [0.717, 1.165) is 24.5 Å². The lowest BCUT2D eigenvalue weighted by Crippen LogP contribution is -2.37. The van der Waals surface area contributed by atoms with Crippen LogP contribution in [0.4, 0.5) is 4.39 Å². The van der Waals surface area contributed by atoms with E-state index in [1.54, 1.807) is 20.2 Å². The Morgan fingerprint density at radius 1 is 1.08 bits per heavy atom. The normalized spacial score (nSPS) is 10.9. The van der Waals surface area contributed by atoms with Crippen LogP contribution in [0.3, 0.4) is 0 Å². The highest BCUT2D eigenvalue weighted by atomic mass is 127. The van der Waals surface area contributed by atoms with E-state index >= 15 is 0 Å². The van der Waals surface area contributed by atoms with Crippen molar-refractivity contribution in [2.45, 2.75) is 19.6 Å². The minimum Gasteiger partial charge on any atom is -0.380 e. The van der Waals surface area contributed by atoms with E-state index < -0.39 is 0 Å². The summed E-state index contributed by atoms with van der Waals surface area (Å²) in [4.78, 5) is 4.21. The molecule has 0 heterocycles. The zero-order chi connectivity index (χ0) is 17.2. The Morgan fingerprint density at radius 2 is 1.84 bits per heavy atom. The van der Waals surface area contributed by atoms with Crippen LogP contribution in [0.1, 0.15) is 16.7 Å². The fourth-order valence-electron chi connectivity index (χ4n) is 2.38. The maximum atomic E-state index is 13.6. The molecule has 0 aromatic heterocycles. The van der Waals surface area contributed by atoms with Crippen molar-refractivity contribution in [2.75, 3.05) is 20.7 Å². The van der Waals surface area contributed by atoms with Gasteiger partial charge in [-0.1, -0.05) is 36.4 Å². The first-order valence-corrected chi connectivity index (χ1v) is 7.97. The topological polar surface area (TPSA) is 45.7 Å². The molecule has 0 aliphatic rings. The lowest BCUT2D eigenvalue weighted by Gasteiger charge is -2.13. The molecule has 2 aromatic carbocycles. The molecule has 0 saturated heterocycles. The van der Waals surface area contributed by atoms with Gasteiger partial charge >= 0.3 is 0 Å². The Bertz CT molecular complexity index is 665. The maximum Gasteiger partial charge on any atom is 0.191 e. The summed E-state index contributed by atoms with van der Waals surface area (Å²) < 4.78 is 18.6. The minimum atomic E-state index is -0.244. The monoisotopic (exact) mass is 457 g/mol. The summed E-state index contributed by atoms with van der Waals surface area (Å²) >= 11 is 0. The van der Waals surface area contributed by atoms with E-state index in [-0.39, 0.29) is 36.4 Å². The predicted molar refractivity (Wildman–Crippen MR) is 111 cm³/mol. The minimum absolute atomic E-state index is 0. The van der Waals surface area contributed by atoms with Gasteiger partial charge in [0, 0.05) is 32.8 Å². The molecule has 0 unspecified atom stereocenters. The van der Waals surface area contributed by atoms with Crippen LogP contribution in [0, 0.1) is 5.82 Å². The third kappa shape index (κ3) is 7.39. The van der Waals surface area contributed by atoms with Crippen LogP contribution in [0.15, 0.2) is 53.5 Å².